The van der Waals surface area contributed by atoms with Gasteiger partial charge in [-0.15, -0.1) is 0 Å². The SMILES string of the molecule is N#Cc1cccc(C(C(c2cccnc2)c2cccnc2)[N+]2(c3ccccc3)CCC[C@H]2C(N)=O)c1. The van der Waals surface area contributed by atoms with E-state index in [0.717, 1.165) is 35.3 Å². The fraction of sp³-hybridized carbons (Fsp3) is 0.200. The highest BCUT2D eigenvalue weighted by atomic mass is 16.1. The minimum atomic E-state index is -0.418. The molecule has 6 nitrogen and oxygen atoms in total. The normalized spacial score (nSPS) is 20.1. The molecule has 36 heavy (non-hydrogen) atoms. The van der Waals surface area contributed by atoms with Gasteiger partial charge in [0.15, 0.2) is 6.04 Å². The molecule has 6 heteroatoms. The summed E-state index contributed by atoms with van der Waals surface area (Å²) < 4.78 is 0.375. The van der Waals surface area contributed by atoms with Crippen molar-refractivity contribution in [3.63, 3.8) is 0 Å². The number of quaternary nitrogens is 1. The largest absolute Gasteiger partial charge is 0.364 e. The van der Waals surface area contributed by atoms with Gasteiger partial charge in [-0.3, -0.25) is 19.2 Å². The molecule has 1 aliphatic heterocycles. The number of nitriles is 1. The van der Waals surface area contributed by atoms with E-state index in [1.54, 1.807) is 12.4 Å². The van der Waals surface area contributed by atoms with Crippen LogP contribution in [0.1, 0.15) is 47.1 Å². The van der Waals surface area contributed by atoms with Crippen LogP contribution in [0.4, 0.5) is 5.69 Å². The number of para-hydroxylation sites is 1. The van der Waals surface area contributed by atoms with E-state index in [9.17, 15) is 10.1 Å². The van der Waals surface area contributed by atoms with E-state index in [-0.39, 0.29) is 17.9 Å². The number of benzene rings is 2. The van der Waals surface area contributed by atoms with Crippen LogP contribution in [-0.4, -0.2) is 28.5 Å². The van der Waals surface area contributed by atoms with E-state index in [0.29, 0.717) is 16.5 Å². The van der Waals surface area contributed by atoms with Gasteiger partial charge in [0.05, 0.1) is 24.1 Å². The molecule has 0 bridgehead atoms. The second-order valence-corrected chi connectivity index (χ2v) is 9.28. The van der Waals surface area contributed by atoms with Gasteiger partial charge in [0.25, 0.3) is 5.91 Å². The molecule has 2 N–H and O–H groups in total. The predicted octanol–water partition coefficient (Wildman–Crippen LogP) is 4.88. The van der Waals surface area contributed by atoms with Gasteiger partial charge in [0.1, 0.15) is 11.7 Å². The molecule has 4 aromatic rings. The van der Waals surface area contributed by atoms with Crippen molar-refractivity contribution in [2.45, 2.75) is 30.8 Å². The van der Waals surface area contributed by atoms with E-state index >= 15 is 0 Å². The van der Waals surface area contributed by atoms with Crippen molar-refractivity contribution in [3.05, 3.63) is 126 Å². The van der Waals surface area contributed by atoms with Crippen LogP contribution in [0.25, 0.3) is 0 Å². The zero-order valence-electron chi connectivity index (χ0n) is 19.9. The third-order valence-corrected chi connectivity index (χ3v) is 7.38. The Morgan fingerprint density at radius 3 is 2.17 bits per heavy atom. The summed E-state index contributed by atoms with van der Waals surface area (Å²) in [6.07, 6.45) is 8.86. The standard InChI is InChI=1S/C30H27N5O/c31-19-22-8-4-9-23(18-22)29(28(24-10-5-15-33-20-24)25-11-6-16-34-21-25)35(26-12-2-1-3-13-26)17-7-14-27(35)30(32)36/h1-6,8-13,15-16,18,20-21,27-29H,7,14,17H2,(H-,32,36)/p+1/t27-,29?,35?/m0/s1. The highest BCUT2D eigenvalue weighted by Gasteiger charge is 2.55. The number of rotatable bonds is 7. The van der Waals surface area contributed by atoms with Crippen molar-refractivity contribution in [2.24, 2.45) is 5.73 Å². The number of hydrogen-bond donors (Lipinski definition) is 1. The first kappa shape index (κ1) is 23.4. The number of primary amides is 1. The molecule has 0 radical (unpaired) electrons. The minimum absolute atomic E-state index is 0.193. The Kier molecular flexibility index (Phi) is 6.57. The van der Waals surface area contributed by atoms with Gasteiger partial charge >= 0.3 is 0 Å². The van der Waals surface area contributed by atoms with Gasteiger partial charge in [-0.2, -0.15) is 5.26 Å². The van der Waals surface area contributed by atoms with E-state index in [1.165, 1.54) is 0 Å². The van der Waals surface area contributed by atoms with Gasteiger partial charge < -0.3 is 5.73 Å². The summed E-state index contributed by atoms with van der Waals surface area (Å²) in [5.74, 6) is -0.504. The van der Waals surface area contributed by atoms with Crippen molar-refractivity contribution >= 4 is 11.6 Å². The third-order valence-electron chi connectivity index (χ3n) is 7.38. The number of aromatic nitrogens is 2. The molecule has 2 aromatic carbocycles. The maximum absolute atomic E-state index is 13.1. The number of nitrogens with zero attached hydrogens (tertiary/aromatic N) is 4. The minimum Gasteiger partial charge on any atom is -0.364 e. The lowest BCUT2D eigenvalue weighted by Gasteiger charge is -2.48. The maximum atomic E-state index is 13.1. The van der Waals surface area contributed by atoms with Crippen LogP contribution in [0.2, 0.25) is 0 Å². The Morgan fingerprint density at radius 1 is 0.917 bits per heavy atom. The monoisotopic (exact) mass is 474 g/mol. The number of nitrogens with two attached hydrogens (primary N) is 1. The van der Waals surface area contributed by atoms with Crippen LogP contribution in [-0.2, 0) is 4.79 Å². The Morgan fingerprint density at radius 2 is 1.58 bits per heavy atom. The second-order valence-electron chi connectivity index (χ2n) is 9.28. The van der Waals surface area contributed by atoms with Crippen LogP contribution in [0.3, 0.4) is 0 Å². The average Bonchev–Trinajstić information content (AvgIpc) is 3.39. The van der Waals surface area contributed by atoms with E-state index in [2.05, 4.69) is 46.4 Å². The van der Waals surface area contributed by atoms with Crippen molar-refractivity contribution in [2.75, 3.05) is 6.54 Å². The number of carbonyl (C=O) groups excluding carboxylic acids is 1. The molecule has 1 aliphatic rings. The molecule has 178 valence electrons. The molecule has 0 saturated carbocycles. The van der Waals surface area contributed by atoms with Crippen molar-refractivity contribution in [1.82, 2.24) is 14.5 Å². The van der Waals surface area contributed by atoms with Crippen LogP contribution in [0.15, 0.2) is 104 Å². The lowest BCUT2D eigenvalue weighted by Crippen LogP contribution is -2.61. The van der Waals surface area contributed by atoms with Gasteiger partial charge in [0.2, 0.25) is 0 Å². The summed E-state index contributed by atoms with van der Waals surface area (Å²) in [6.45, 7) is 0.746. The maximum Gasteiger partial charge on any atom is 0.276 e. The van der Waals surface area contributed by atoms with Crippen LogP contribution in [0, 0.1) is 11.3 Å². The molecule has 1 saturated heterocycles. The van der Waals surface area contributed by atoms with Crippen LogP contribution < -0.4 is 10.2 Å². The molecular weight excluding hydrogens is 446 g/mol. The number of amides is 1. The molecule has 1 amide bonds. The van der Waals surface area contributed by atoms with Crippen LogP contribution in [0.5, 0.6) is 0 Å². The lowest BCUT2D eigenvalue weighted by atomic mass is 9.79. The van der Waals surface area contributed by atoms with Gasteiger partial charge in [-0.1, -0.05) is 42.5 Å². The summed E-state index contributed by atoms with van der Waals surface area (Å²) in [5.41, 5.74) is 10.7. The molecular formula is C30H28N5O+. The quantitative estimate of drug-likeness (QED) is 0.387. The number of likely N-dealkylation sites (tertiary alicyclic amines) is 1. The van der Waals surface area contributed by atoms with Gasteiger partial charge in [0, 0.05) is 43.2 Å². The first-order valence-corrected chi connectivity index (χ1v) is 12.2. The average molecular weight is 475 g/mol. The summed E-state index contributed by atoms with van der Waals surface area (Å²) in [5, 5.41) is 9.75. The van der Waals surface area contributed by atoms with E-state index in [1.807, 2.05) is 60.9 Å². The molecule has 0 spiro atoms. The van der Waals surface area contributed by atoms with E-state index < -0.39 is 6.04 Å². The third kappa shape index (κ3) is 4.15. The van der Waals surface area contributed by atoms with Crippen LogP contribution >= 0.6 is 0 Å². The summed E-state index contributed by atoms with van der Waals surface area (Å²) in [6, 6.07) is 27.6. The molecule has 0 aliphatic carbocycles. The van der Waals surface area contributed by atoms with Crippen molar-refractivity contribution in [1.29, 1.82) is 5.26 Å². The Hall–Kier alpha value is -4.34. The van der Waals surface area contributed by atoms with Crippen molar-refractivity contribution < 1.29 is 4.79 Å². The number of carbonyl (C=O) groups is 1. The zero-order chi connectivity index (χ0) is 25.0. The Labute approximate surface area is 211 Å². The molecule has 3 atom stereocenters. The smallest absolute Gasteiger partial charge is 0.276 e. The Bertz CT molecular complexity index is 1330. The molecule has 1 fully saturated rings. The summed E-state index contributed by atoms with van der Waals surface area (Å²) >= 11 is 0. The lowest BCUT2D eigenvalue weighted by molar-refractivity contribution is -0.122. The fourth-order valence-electron chi connectivity index (χ4n) is 6.00. The number of pyridine rings is 2. The van der Waals surface area contributed by atoms with Gasteiger partial charge in [-0.05, 0) is 47.5 Å². The highest BCUT2D eigenvalue weighted by molar-refractivity contribution is 5.83. The van der Waals surface area contributed by atoms with E-state index in [4.69, 9.17) is 5.73 Å². The topological polar surface area (TPSA) is 92.7 Å². The number of hydrogen-bond acceptors (Lipinski definition) is 4. The Balaban J connectivity index is 1.87. The van der Waals surface area contributed by atoms with Gasteiger partial charge in [-0.25, -0.2) is 0 Å². The zero-order valence-corrected chi connectivity index (χ0v) is 19.9. The second kappa shape index (κ2) is 10.1. The molecule has 2 unspecified atom stereocenters. The first-order chi connectivity index (χ1) is 17.6. The molecule has 2 aromatic heterocycles. The summed E-state index contributed by atoms with van der Waals surface area (Å²) in [7, 11) is 0. The fourth-order valence-corrected chi connectivity index (χ4v) is 6.00. The highest BCUT2D eigenvalue weighted by Crippen LogP contribution is 2.51. The van der Waals surface area contributed by atoms with Crippen molar-refractivity contribution in [3.8, 4) is 6.07 Å². The first-order valence-electron chi connectivity index (χ1n) is 12.2. The molecule has 3 heterocycles. The predicted molar refractivity (Wildman–Crippen MR) is 140 cm³/mol. The molecule has 5 rings (SSSR count). The summed E-state index contributed by atoms with van der Waals surface area (Å²) in [4.78, 5) is 22.0.